The summed E-state index contributed by atoms with van der Waals surface area (Å²) in [6, 6.07) is 6.09. The van der Waals surface area contributed by atoms with Crippen molar-refractivity contribution in [3.05, 3.63) is 29.6 Å². The Kier molecular flexibility index (Phi) is 9.41. The summed E-state index contributed by atoms with van der Waals surface area (Å²) in [5.74, 6) is -6.37. The first-order valence-corrected chi connectivity index (χ1v) is 22.0. The lowest BCUT2D eigenvalue weighted by Gasteiger charge is -2.34. The lowest BCUT2D eigenvalue weighted by atomic mass is 9.79. The van der Waals surface area contributed by atoms with Crippen LogP contribution in [0.15, 0.2) is 18.2 Å². The molecule has 1 aromatic heterocycles. The monoisotopic (exact) mass is 698 g/mol. The number of rotatable bonds is 14. The van der Waals surface area contributed by atoms with E-state index in [2.05, 4.69) is 29.7 Å². The Morgan fingerprint density at radius 1 is 1.11 bits per heavy atom. The van der Waals surface area contributed by atoms with Gasteiger partial charge in [0, 0.05) is 57.1 Å². The van der Waals surface area contributed by atoms with Crippen LogP contribution in [0.3, 0.4) is 0 Å². The summed E-state index contributed by atoms with van der Waals surface area (Å²) in [5, 5.41) is 3.15. The Morgan fingerprint density at radius 3 is 2.34 bits per heavy atom. The molecule has 1 unspecified atom stereocenters. The van der Waals surface area contributed by atoms with Crippen molar-refractivity contribution in [1.29, 1.82) is 0 Å². The molecule has 6 rings (SSSR count). The van der Waals surface area contributed by atoms with E-state index in [-0.39, 0.29) is 55.7 Å². The molecule has 2 aromatic rings. The molecule has 0 aliphatic heterocycles. The number of imidazole rings is 1. The molecule has 262 valence electrons. The van der Waals surface area contributed by atoms with E-state index in [1.807, 2.05) is 43.5 Å². The highest BCUT2D eigenvalue weighted by molar-refractivity contribution is 7.90. The molecular formula is C34H50F4N4O3SSi. The van der Waals surface area contributed by atoms with Crippen molar-refractivity contribution in [3.8, 4) is 0 Å². The van der Waals surface area contributed by atoms with Gasteiger partial charge in [0.25, 0.3) is 5.92 Å². The number of fused-ring (bicyclic) bond motifs is 2. The molecular weight excluding hydrogens is 649 g/mol. The first kappa shape index (κ1) is 35.2. The van der Waals surface area contributed by atoms with Gasteiger partial charge in [-0.1, -0.05) is 25.7 Å². The number of nitrogens with zero attached hydrogens (tertiary/aromatic N) is 2. The lowest BCUT2D eigenvalue weighted by molar-refractivity contribution is -0.134. The Hall–Kier alpha value is -1.67. The summed E-state index contributed by atoms with van der Waals surface area (Å²) in [6.45, 7) is 13.3. The van der Waals surface area contributed by atoms with Crippen molar-refractivity contribution in [2.24, 2.45) is 29.6 Å². The highest BCUT2D eigenvalue weighted by Crippen LogP contribution is 2.67. The Morgan fingerprint density at radius 2 is 1.77 bits per heavy atom. The van der Waals surface area contributed by atoms with Crippen molar-refractivity contribution < 1.29 is 31.6 Å². The average molecular weight is 699 g/mol. The van der Waals surface area contributed by atoms with Gasteiger partial charge < -0.3 is 19.2 Å². The van der Waals surface area contributed by atoms with Crippen molar-refractivity contribution in [1.82, 2.24) is 19.6 Å². The average Bonchev–Trinajstić information content (AvgIpc) is 3.73. The Balaban J connectivity index is 1.31. The molecule has 4 saturated carbocycles. The number of alkyl halides is 4. The summed E-state index contributed by atoms with van der Waals surface area (Å²) >= 11 is -1.47. The molecule has 0 bridgehead atoms. The number of hydrogen-bond acceptors (Lipinski definition) is 5. The SMILES string of the molecule is CC(C)(C)[S@@+]([O-])N[C@H](c1nc2ccc([C@H](NC(=O)CC3CC(F)(F)C3)C3CC3)cc2n1COCC[Si](C)(C)C)C1C[C@@H]2[C@H](C1)C2(F)F. The Bertz CT molecular complexity index is 1450. The van der Waals surface area contributed by atoms with Gasteiger partial charge in [-0.2, -0.15) is 0 Å². The molecule has 13 heteroatoms. The van der Waals surface area contributed by atoms with Crippen LogP contribution in [0.4, 0.5) is 17.6 Å². The Labute approximate surface area is 279 Å². The zero-order chi connectivity index (χ0) is 34.1. The second-order valence-corrected chi connectivity index (χ2v) is 24.4. The van der Waals surface area contributed by atoms with Crippen LogP contribution in [-0.2, 0) is 27.6 Å². The first-order valence-electron chi connectivity index (χ1n) is 17.1. The van der Waals surface area contributed by atoms with Crippen molar-refractivity contribution in [3.63, 3.8) is 0 Å². The number of carbonyl (C=O) groups is 1. The number of hydrogen-bond donors (Lipinski definition) is 2. The van der Waals surface area contributed by atoms with E-state index in [0.29, 0.717) is 30.8 Å². The number of carbonyl (C=O) groups excluding carboxylic acids is 1. The van der Waals surface area contributed by atoms with E-state index in [4.69, 9.17) is 9.72 Å². The molecule has 2 N–H and O–H groups in total. The minimum atomic E-state index is -2.66. The predicted octanol–water partition coefficient (Wildman–Crippen LogP) is 7.74. The fraction of sp³-hybridized carbons (Fsp3) is 0.765. The molecule has 1 amide bonds. The smallest absolute Gasteiger partial charge is 0.254 e. The number of ether oxygens (including phenoxy) is 1. The standard InChI is InChI=1S/C34H50F4N4O3SSi/c1-32(2,3)46(44)41-30(23-14-24-25(15-23)34(24,37)38)31-39-26-10-9-22(16-27(26)42(31)19-45-11-12-47(4,5)6)29(21-7-8-21)40-28(43)13-20-17-33(35,36)18-20/h9-10,16,20-21,23-25,29-30,41H,7-8,11-15,17-19H2,1-6H3,(H,40,43)/t23?,24-,25+,29-,30+,46-/m1/s1. The maximum atomic E-state index is 14.3. The number of amides is 1. The molecule has 4 fully saturated rings. The van der Waals surface area contributed by atoms with Crippen LogP contribution in [0.1, 0.15) is 89.2 Å². The molecule has 4 aliphatic carbocycles. The topological polar surface area (TPSA) is 91.2 Å². The number of benzene rings is 1. The number of nitrogens with one attached hydrogen (secondary N) is 2. The third kappa shape index (κ3) is 7.89. The van der Waals surface area contributed by atoms with Crippen molar-refractivity contribution in [2.45, 2.75) is 127 Å². The van der Waals surface area contributed by atoms with Gasteiger partial charge in [-0.25, -0.2) is 22.5 Å². The van der Waals surface area contributed by atoms with Crippen molar-refractivity contribution >= 4 is 36.4 Å². The van der Waals surface area contributed by atoms with Gasteiger partial charge in [-0.15, -0.1) is 4.72 Å². The first-order chi connectivity index (χ1) is 21.8. The normalized spacial score (nSPS) is 27.3. The second kappa shape index (κ2) is 12.6. The van der Waals surface area contributed by atoms with E-state index in [1.165, 1.54) is 0 Å². The fourth-order valence-corrected chi connectivity index (χ4v) is 9.00. The van der Waals surface area contributed by atoms with Crippen LogP contribution in [0.25, 0.3) is 11.0 Å². The minimum Gasteiger partial charge on any atom is -0.598 e. The highest BCUT2D eigenvalue weighted by atomic mass is 32.2. The van der Waals surface area contributed by atoms with Gasteiger partial charge in [0.1, 0.15) is 23.3 Å². The van der Waals surface area contributed by atoms with Gasteiger partial charge in [0.2, 0.25) is 11.8 Å². The maximum absolute atomic E-state index is 14.3. The summed E-state index contributed by atoms with van der Waals surface area (Å²) < 4.78 is 79.9. The quantitative estimate of drug-likeness (QED) is 0.0912. The lowest BCUT2D eigenvalue weighted by Crippen LogP contribution is -2.44. The predicted molar refractivity (Wildman–Crippen MR) is 178 cm³/mol. The van der Waals surface area contributed by atoms with Gasteiger partial charge in [-0.05, 0) is 87.9 Å². The second-order valence-electron chi connectivity index (χ2n) is 16.8. The largest absolute Gasteiger partial charge is 0.598 e. The summed E-state index contributed by atoms with van der Waals surface area (Å²) in [4.78, 5) is 18.0. The molecule has 1 aromatic carbocycles. The van der Waals surface area contributed by atoms with E-state index >= 15 is 0 Å². The zero-order valence-electron chi connectivity index (χ0n) is 28.4. The van der Waals surface area contributed by atoms with Crippen LogP contribution >= 0.6 is 0 Å². The van der Waals surface area contributed by atoms with E-state index in [1.54, 1.807) is 0 Å². The third-order valence-electron chi connectivity index (χ3n) is 10.5. The maximum Gasteiger partial charge on any atom is 0.254 e. The molecule has 47 heavy (non-hydrogen) atoms. The molecule has 7 nitrogen and oxygen atoms in total. The number of halogens is 4. The summed E-state index contributed by atoms with van der Waals surface area (Å²) in [6.07, 6.45) is 2.22. The molecule has 1 heterocycles. The zero-order valence-corrected chi connectivity index (χ0v) is 30.2. The summed E-state index contributed by atoms with van der Waals surface area (Å²) in [5.41, 5.74) is 2.41. The van der Waals surface area contributed by atoms with Crippen molar-refractivity contribution in [2.75, 3.05) is 6.61 Å². The molecule has 0 spiro atoms. The van der Waals surface area contributed by atoms with E-state index in [0.717, 1.165) is 30.0 Å². The van der Waals surface area contributed by atoms with Crippen LogP contribution in [-0.4, -0.2) is 51.3 Å². The van der Waals surface area contributed by atoms with Gasteiger partial charge in [0.15, 0.2) is 0 Å². The van der Waals surface area contributed by atoms with Crippen LogP contribution < -0.4 is 10.0 Å². The fourth-order valence-electron chi connectivity index (χ4n) is 7.36. The number of aromatic nitrogens is 2. The van der Waals surface area contributed by atoms with Gasteiger partial charge in [-0.3, -0.25) is 4.79 Å². The summed E-state index contributed by atoms with van der Waals surface area (Å²) in [7, 11) is -1.37. The van der Waals surface area contributed by atoms with E-state index < -0.39 is 53.9 Å². The molecule has 4 aliphatic rings. The van der Waals surface area contributed by atoms with E-state index in [9.17, 15) is 26.9 Å². The minimum absolute atomic E-state index is 0.0920. The van der Waals surface area contributed by atoms with Gasteiger partial charge in [0.05, 0.1) is 17.1 Å². The highest BCUT2D eigenvalue weighted by Gasteiger charge is 2.72. The molecule has 0 saturated heterocycles. The molecule has 0 radical (unpaired) electrons. The third-order valence-corrected chi connectivity index (χ3v) is 13.7. The van der Waals surface area contributed by atoms with Crippen LogP contribution in [0, 0.1) is 29.6 Å². The van der Waals surface area contributed by atoms with Crippen LogP contribution in [0.5, 0.6) is 0 Å². The van der Waals surface area contributed by atoms with Crippen LogP contribution in [0.2, 0.25) is 25.7 Å². The van der Waals surface area contributed by atoms with Gasteiger partial charge >= 0.3 is 0 Å². The molecule has 6 atom stereocenters.